The van der Waals surface area contributed by atoms with Crippen LogP contribution in [0.15, 0.2) is 77.7 Å². The molecule has 3 aromatic rings. The lowest BCUT2D eigenvalue weighted by molar-refractivity contribution is 0.551. The van der Waals surface area contributed by atoms with E-state index in [1.807, 2.05) is 48.5 Å². The molecule has 36 heavy (non-hydrogen) atoms. The molecule has 1 unspecified atom stereocenters. The molecule has 3 atom stereocenters. The first-order chi connectivity index (χ1) is 17.5. The second-order valence-electron chi connectivity index (χ2n) is 9.95. The van der Waals surface area contributed by atoms with Crippen molar-refractivity contribution in [3.05, 3.63) is 94.0 Å². The van der Waals surface area contributed by atoms with Crippen LogP contribution in [0.3, 0.4) is 0 Å². The van der Waals surface area contributed by atoms with E-state index in [0.717, 1.165) is 29.0 Å². The number of halogens is 2. The van der Waals surface area contributed by atoms with E-state index in [4.69, 9.17) is 23.2 Å². The van der Waals surface area contributed by atoms with E-state index in [1.165, 1.54) is 50.5 Å². The van der Waals surface area contributed by atoms with Gasteiger partial charge in [-0.2, -0.15) is 0 Å². The van der Waals surface area contributed by atoms with E-state index in [2.05, 4.69) is 43.0 Å². The lowest BCUT2D eigenvalue weighted by Gasteiger charge is -2.19. The molecule has 3 aromatic carbocycles. The van der Waals surface area contributed by atoms with E-state index in [-0.39, 0.29) is 6.04 Å². The second kappa shape index (κ2) is 12.6. The predicted octanol–water partition coefficient (Wildman–Crippen LogP) is 9.90. The van der Waals surface area contributed by atoms with E-state index >= 15 is 0 Å². The molecule has 1 saturated heterocycles. The average Bonchev–Trinajstić information content (AvgIpc) is 3.56. The monoisotopic (exact) mass is 541 g/mol. The number of benzene rings is 3. The topological polar surface area (TPSA) is 20.1 Å². The highest BCUT2D eigenvalue weighted by molar-refractivity contribution is 7.87. The first-order valence-corrected chi connectivity index (χ1v) is 15.2. The molecule has 1 aliphatic heterocycles. The average molecular weight is 543 g/mol. The number of rotatable bonds is 13. The van der Waals surface area contributed by atoms with Crippen molar-refractivity contribution in [3.8, 4) is 0 Å². The van der Waals surface area contributed by atoms with Crippen LogP contribution in [-0.4, -0.2) is 9.08 Å². The van der Waals surface area contributed by atoms with Gasteiger partial charge >= 0.3 is 0 Å². The molecule has 0 spiro atoms. The summed E-state index contributed by atoms with van der Waals surface area (Å²) in [5, 5.41) is 1.42. The molecule has 0 amide bonds. The maximum Gasteiger partial charge on any atom is 0.146 e. The highest BCUT2D eigenvalue weighted by Crippen LogP contribution is 2.61. The Morgan fingerprint density at radius 2 is 1.28 bits per heavy atom. The first kappa shape index (κ1) is 27.2. The lowest BCUT2D eigenvalue weighted by Crippen LogP contribution is -2.25. The molecule has 1 fully saturated rings. The van der Waals surface area contributed by atoms with Crippen molar-refractivity contribution in [2.75, 3.05) is 4.90 Å². The van der Waals surface area contributed by atoms with Gasteiger partial charge in [0.2, 0.25) is 0 Å². The molecule has 5 heteroatoms. The molecule has 0 bridgehead atoms. The SMILES string of the molecule is CCCCCCCCCC[C@@]1(S(=O)c2ccc(C)cc2)[C@@H](c2ccc(Cl)cc2)N1c1ccc(Cl)cc1. The minimum atomic E-state index is -1.21. The summed E-state index contributed by atoms with van der Waals surface area (Å²) in [4.78, 5) is 2.73. The number of hydrogen-bond donors (Lipinski definition) is 0. The number of anilines is 1. The van der Waals surface area contributed by atoms with Crippen molar-refractivity contribution in [2.45, 2.75) is 87.4 Å². The largest absolute Gasteiger partial charge is 0.342 e. The third-order valence-electron chi connectivity index (χ3n) is 7.26. The quantitative estimate of drug-likeness (QED) is 0.158. The number of nitrogens with zero attached hydrogens (tertiary/aromatic N) is 1. The first-order valence-electron chi connectivity index (χ1n) is 13.3. The third kappa shape index (κ3) is 6.18. The lowest BCUT2D eigenvalue weighted by atomic mass is 10.0. The van der Waals surface area contributed by atoms with E-state index < -0.39 is 15.7 Å². The summed E-state index contributed by atoms with van der Waals surface area (Å²) in [6.07, 6.45) is 10.9. The molecule has 0 aliphatic carbocycles. The fourth-order valence-corrected chi connectivity index (χ4v) is 7.41. The van der Waals surface area contributed by atoms with Crippen LogP contribution in [-0.2, 0) is 10.8 Å². The smallest absolute Gasteiger partial charge is 0.146 e. The van der Waals surface area contributed by atoms with Crippen LogP contribution in [0.25, 0.3) is 0 Å². The second-order valence-corrected chi connectivity index (χ2v) is 12.5. The molecule has 0 saturated carbocycles. The molecule has 1 heterocycles. The van der Waals surface area contributed by atoms with Gasteiger partial charge in [-0.15, -0.1) is 0 Å². The molecule has 1 aliphatic rings. The van der Waals surface area contributed by atoms with Crippen LogP contribution in [0.5, 0.6) is 0 Å². The zero-order valence-corrected chi connectivity index (χ0v) is 23.7. The van der Waals surface area contributed by atoms with Gasteiger partial charge in [-0.25, -0.2) is 0 Å². The Morgan fingerprint density at radius 3 is 1.86 bits per heavy atom. The van der Waals surface area contributed by atoms with Gasteiger partial charge in [-0.1, -0.05) is 111 Å². The Kier molecular flexibility index (Phi) is 9.55. The molecule has 0 aromatic heterocycles. The van der Waals surface area contributed by atoms with Crippen LogP contribution in [0.4, 0.5) is 5.69 Å². The Labute approximate surface area is 229 Å². The van der Waals surface area contributed by atoms with Crippen molar-refractivity contribution in [2.24, 2.45) is 0 Å². The van der Waals surface area contributed by atoms with Crippen molar-refractivity contribution >= 4 is 39.7 Å². The summed E-state index contributed by atoms with van der Waals surface area (Å²) in [5.41, 5.74) is 3.38. The van der Waals surface area contributed by atoms with Crippen LogP contribution in [0, 0.1) is 6.92 Å². The molecule has 192 valence electrons. The highest BCUT2D eigenvalue weighted by Gasteiger charge is 2.67. The molecule has 0 N–H and O–H groups in total. The molecule has 2 nitrogen and oxygen atoms in total. The van der Waals surface area contributed by atoms with Gasteiger partial charge in [0.1, 0.15) is 4.87 Å². The summed E-state index contributed by atoms with van der Waals surface area (Å²) in [7, 11) is -1.21. The predicted molar refractivity (Wildman–Crippen MR) is 156 cm³/mol. The zero-order chi connectivity index (χ0) is 25.5. The normalized spacial score (nSPS) is 19.9. The Morgan fingerprint density at radius 1 is 0.750 bits per heavy atom. The molecule has 0 radical (unpaired) electrons. The number of hydrogen-bond acceptors (Lipinski definition) is 2. The van der Waals surface area contributed by atoms with Gasteiger partial charge in [0.05, 0.1) is 16.8 Å². The van der Waals surface area contributed by atoms with E-state index in [1.54, 1.807) is 0 Å². The van der Waals surface area contributed by atoms with Crippen LogP contribution >= 0.6 is 23.2 Å². The van der Waals surface area contributed by atoms with Gasteiger partial charge in [-0.3, -0.25) is 4.21 Å². The Hall–Kier alpha value is -1.81. The maximum absolute atomic E-state index is 14.4. The minimum Gasteiger partial charge on any atom is -0.342 e. The Bertz CT molecular complexity index is 1080. The summed E-state index contributed by atoms with van der Waals surface area (Å²) in [6.45, 7) is 4.32. The Balaban J connectivity index is 1.63. The molecular formula is C31H37Cl2NOS. The molecule has 4 rings (SSSR count). The van der Waals surface area contributed by atoms with Crippen molar-refractivity contribution in [1.29, 1.82) is 0 Å². The number of aryl methyl sites for hydroxylation is 1. The summed E-state index contributed by atoms with van der Waals surface area (Å²) in [5.74, 6) is 0. The van der Waals surface area contributed by atoms with Gasteiger partial charge in [0, 0.05) is 20.6 Å². The van der Waals surface area contributed by atoms with Crippen molar-refractivity contribution in [3.63, 3.8) is 0 Å². The van der Waals surface area contributed by atoms with Gasteiger partial charge < -0.3 is 4.90 Å². The minimum absolute atomic E-state index is 0.0163. The van der Waals surface area contributed by atoms with Crippen LogP contribution in [0.1, 0.15) is 81.9 Å². The van der Waals surface area contributed by atoms with Gasteiger partial charge in [0.25, 0.3) is 0 Å². The highest BCUT2D eigenvalue weighted by atomic mass is 35.5. The summed E-state index contributed by atoms with van der Waals surface area (Å²) < 4.78 is 14.4. The zero-order valence-electron chi connectivity index (χ0n) is 21.4. The van der Waals surface area contributed by atoms with Gasteiger partial charge in [-0.05, 0) is 67.4 Å². The standard InChI is InChI=1S/C31H37Cl2NOS/c1-3-4-5-6-7-8-9-10-23-31(36(35)29-21-11-24(2)12-22-29)30(25-13-15-26(32)16-14-25)34(31)28-19-17-27(33)18-20-28/h11-22,30H,3-10,23H2,1-2H3/t30-,31-,34?,36?/m1/s1. The van der Waals surface area contributed by atoms with Gasteiger partial charge in [0.15, 0.2) is 0 Å². The number of unbranched alkanes of at least 4 members (excludes halogenated alkanes) is 7. The van der Waals surface area contributed by atoms with E-state index in [0.29, 0.717) is 10.0 Å². The summed E-state index contributed by atoms with van der Waals surface area (Å²) in [6, 6.07) is 24.2. The van der Waals surface area contributed by atoms with Crippen LogP contribution in [0.2, 0.25) is 10.0 Å². The van der Waals surface area contributed by atoms with Crippen molar-refractivity contribution < 1.29 is 4.21 Å². The van der Waals surface area contributed by atoms with E-state index in [9.17, 15) is 4.21 Å². The summed E-state index contributed by atoms with van der Waals surface area (Å²) >= 11 is 12.4. The fraction of sp³-hybridized carbons (Fsp3) is 0.419. The maximum atomic E-state index is 14.4. The fourth-order valence-electron chi connectivity index (χ4n) is 5.26. The molecular weight excluding hydrogens is 505 g/mol. The third-order valence-corrected chi connectivity index (χ3v) is 9.73. The van der Waals surface area contributed by atoms with Crippen LogP contribution < -0.4 is 4.90 Å². The van der Waals surface area contributed by atoms with Crippen molar-refractivity contribution in [1.82, 2.24) is 0 Å².